The second-order valence-corrected chi connectivity index (χ2v) is 9.35. The Morgan fingerprint density at radius 2 is 2.00 bits per heavy atom. The van der Waals surface area contributed by atoms with Gasteiger partial charge < -0.3 is 15.1 Å². The lowest BCUT2D eigenvalue weighted by atomic mass is 9.87. The van der Waals surface area contributed by atoms with Crippen molar-refractivity contribution in [2.24, 2.45) is 5.92 Å². The van der Waals surface area contributed by atoms with Crippen LogP contribution in [0.5, 0.6) is 0 Å². The molecule has 7 heteroatoms. The van der Waals surface area contributed by atoms with Crippen LogP contribution >= 0.6 is 11.3 Å². The van der Waals surface area contributed by atoms with Crippen molar-refractivity contribution in [3.05, 3.63) is 70.0 Å². The molecule has 0 saturated carbocycles. The molecule has 31 heavy (non-hydrogen) atoms. The molecule has 1 aromatic carbocycles. The third-order valence-electron chi connectivity index (χ3n) is 6.04. The Kier molecular flexibility index (Phi) is 4.98. The Hall–Kier alpha value is -3.19. The number of para-hydroxylation sites is 1. The average Bonchev–Trinajstić information content (AvgIpc) is 3.40. The Labute approximate surface area is 183 Å². The average molecular weight is 435 g/mol. The summed E-state index contributed by atoms with van der Waals surface area (Å²) in [7, 11) is 0. The fourth-order valence-electron chi connectivity index (χ4n) is 4.45. The molecule has 1 aliphatic carbocycles. The lowest BCUT2D eigenvalue weighted by Crippen LogP contribution is -2.30. The van der Waals surface area contributed by atoms with Gasteiger partial charge in [-0.15, -0.1) is 11.3 Å². The van der Waals surface area contributed by atoms with E-state index < -0.39 is 5.92 Å². The molecule has 2 unspecified atom stereocenters. The van der Waals surface area contributed by atoms with E-state index in [-0.39, 0.29) is 29.8 Å². The number of hydrogen-bond donors (Lipinski definition) is 2. The molecule has 3 heterocycles. The Balaban J connectivity index is 1.51. The zero-order valence-corrected chi connectivity index (χ0v) is 17.9. The highest BCUT2D eigenvalue weighted by molar-refractivity contribution is 7.17. The maximum atomic E-state index is 13.3. The van der Waals surface area contributed by atoms with Crippen LogP contribution < -0.4 is 10.6 Å². The van der Waals surface area contributed by atoms with Crippen molar-refractivity contribution in [2.45, 2.75) is 38.5 Å². The Morgan fingerprint density at radius 1 is 1.16 bits per heavy atom. The highest BCUT2D eigenvalue weighted by Crippen LogP contribution is 2.42. The summed E-state index contributed by atoms with van der Waals surface area (Å²) in [5.74, 6) is -0.483. The van der Waals surface area contributed by atoms with Crippen LogP contribution in [0.3, 0.4) is 0 Å². The van der Waals surface area contributed by atoms with Crippen molar-refractivity contribution in [1.29, 1.82) is 0 Å². The number of benzene rings is 1. The summed E-state index contributed by atoms with van der Waals surface area (Å²) in [4.78, 5) is 39.9. The maximum Gasteiger partial charge on any atom is 0.233 e. The van der Waals surface area contributed by atoms with Gasteiger partial charge in [-0.3, -0.25) is 14.4 Å². The first-order chi connectivity index (χ1) is 15.0. The number of furan rings is 1. The normalized spacial score (nSPS) is 19.8. The molecular formula is C24H22N2O4S. The monoisotopic (exact) mass is 434 g/mol. The number of ketones is 1. The first kappa shape index (κ1) is 19.8. The summed E-state index contributed by atoms with van der Waals surface area (Å²) in [6.45, 7) is 2.20. The highest BCUT2D eigenvalue weighted by Gasteiger charge is 2.34. The van der Waals surface area contributed by atoms with E-state index in [1.165, 1.54) is 17.6 Å². The van der Waals surface area contributed by atoms with Gasteiger partial charge in [-0.25, -0.2) is 0 Å². The van der Waals surface area contributed by atoms with Crippen LogP contribution in [-0.2, 0) is 22.4 Å². The van der Waals surface area contributed by atoms with Crippen molar-refractivity contribution in [2.75, 3.05) is 10.6 Å². The molecular weight excluding hydrogens is 412 g/mol. The van der Waals surface area contributed by atoms with Gasteiger partial charge in [0.25, 0.3) is 0 Å². The number of thiophene rings is 1. The molecule has 6 nitrogen and oxygen atoms in total. The van der Waals surface area contributed by atoms with Gasteiger partial charge in [-0.05, 0) is 54.5 Å². The summed E-state index contributed by atoms with van der Waals surface area (Å²) in [6, 6.07) is 10.7. The summed E-state index contributed by atoms with van der Waals surface area (Å²) in [6.07, 6.45) is 4.25. The lowest BCUT2D eigenvalue weighted by Gasteiger charge is -2.24. The lowest BCUT2D eigenvalue weighted by molar-refractivity contribution is -0.123. The van der Waals surface area contributed by atoms with Crippen LogP contribution in [0.25, 0.3) is 0 Å². The molecule has 2 aromatic heterocycles. The number of carbonyl (C=O) groups excluding carboxylic acids is 3. The van der Waals surface area contributed by atoms with Gasteiger partial charge in [-0.1, -0.05) is 25.1 Å². The second-order valence-electron chi connectivity index (χ2n) is 8.24. The van der Waals surface area contributed by atoms with Crippen LogP contribution in [0.1, 0.15) is 57.8 Å². The van der Waals surface area contributed by atoms with E-state index in [1.54, 1.807) is 18.2 Å². The molecule has 0 saturated heterocycles. The van der Waals surface area contributed by atoms with Crippen LogP contribution in [0, 0.1) is 5.92 Å². The number of nitrogens with one attached hydrogen (secondary N) is 2. The van der Waals surface area contributed by atoms with Gasteiger partial charge >= 0.3 is 0 Å². The fraction of sp³-hybridized carbons (Fsp3) is 0.292. The topological polar surface area (TPSA) is 88.4 Å². The molecule has 2 atom stereocenters. The maximum absolute atomic E-state index is 13.3. The number of fused-ring (bicyclic) bond motifs is 2. The van der Waals surface area contributed by atoms with Gasteiger partial charge in [0.1, 0.15) is 5.00 Å². The van der Waals surface area contributed by atoms with E-state index in [2.05, 4.69) is 17.6 Å². The Morgan fingerprint density at radius 3 is 2.81 bits per heavy atom. The standard InChI is InChI=1S/C24H22N2O4S/c1-13-8-9-15-19(11-13)31-24(21(15)22(28)18-7-4-10-30-18)26-23(29)16-12-20(27)25-17-6-3-2-5-14(16)17/h2-7,10,13,16H,8-9,11-12H2,1H3,(H,25,27)(H,26,29). The molecule has 0 radical (unpaired) electrons. The van der Waals surface area contributed by atoms with Crippen molar-refractivity contribution in [3.63, 3.8) is 0 Å². The van der Waals surface area contributed by atoms with Crippen LogP contribution in [0.15, 0.2) is 47.1 Å². The number of rotatable bonds is 4. The van der Waals surface area contributed by atoms with E-state index in [0.717, 1.165) is 35.3 Å². The van der Waals surface area contributed by atoms with Crippen molar-refractivity contribution >= 4 is 39.6 Å². The van der Waals surface area contributed by atoms with E-state index in [1.807, 2.05) is 18.2 Å². The molecule has 0 fully saturated rings. The quantitative estimate of drug-likeness (QED) is 0.580. The number of hydrogen-bond acceptors (Lipinski definition) is 5. The van der Waals surface area contributed by atoms with E-state index >= 15 is 0 Å². The van der Waals surface area contributed by atoms with E-state index in [0.29, 0.717) is 22.2 Å². The number of carbonyl (C=O) groups is 3. The summed E-state index contributed by atoms with van der Waals surface area (Å²) >= 11 is 1.47. The van der Waals surface area contributed by atoms with Gasteiger partial charge in [0.2, 0.25) is 17.6 Å². The molecule has 0 bridgehead atoms. The molecule has 3 aromatic rings. The smallest absolute Gasteiger partial charge is 0.233 e. The predicted octanol–water partition coefficient (Wildman–Crippen LogP) is 4.76. The highest BCUT2D eigenvalue weighted by atomic mass is 32.1. The fourth-order valence-corrected chi connectivity index (χ4v) is 5.87. The van der Waals surface area contributed by atoms with Gasteiger partial charge in [0.15, 0.2) is 5.76 Å². The predicted molar refractivity (Wildman–Crippen MR) is 119 cm³/mol. The van der Waals surface area contributed by atoms with Crippen molar-refractivity contribution < 1.29 is 18.8 Å². The third-order valence-corrected chi connectivity index (χ3v) is 7.21. The van der Waals surface area contributed by atoms with Crippen LogP contribution in [0.4, 0.5) is 10.7 Å². The zero-order valence-electron chi connectivity index (χ0n) is 17.1. The van der Waals surface area contributed by atoms with Crippen LogP contribution in [-0.4, -0.2) is 17.6 Å². The Bertz CT molecular complexity index is 1180. The minimum Gasteiger partial charge on any atom is -0.461 e. The summed E-state index contributed by atoms with van der Waals surface area (Å²) < 4.78 is 5.36. The van der Waals surface area contributed by atoms with Gasteiger partial charge in [-0.2, -0.15) is 0 Å². The van der Waals surface area contributed by atoms with Crippen molar-refractivity contribution in [1.82, 2.24) is 0 Å². The molecule has 1 aliphatic heterocycles. The third kappa shape index (κ3) is 3.59. The molecule has 2 aliphatic rings. The number of amides is 2. The molecule has 5 rings (SSSR count). The van der Waals surface area contributed by atoms with Crippen LogP contribution in [0.2, 0.25) is 0 Å². The molecule has 2 N–H and O–H groups in total. The molecule has 158 valence electrons. The summed E-state index contributed by atoms with van der Waals surface area (Å²) in [5.41, 5.74) is 2.99. The SMILES string of the molecule is CC1CCc2c(sc(NC(=O)C3CC(=O)Nc4ccccc43)c2C(=O)c2ccco2)C1. The largest absolute Gasteiger partial charge is 0.461 e. The zero-order chi connectivity index (χ0) is 21.5. The van der Waals surface area contributed by atoms with E-state index in [9.17, 15) is 14.4 Å². The first-order valence-corrected chi connectivity index (χ1v) is 11.2. The minimum atomic E-state index is -0.602. The summed E-state index contributed by atoms with van der Waals surface area (Å²) in [5, 5.41) is 6.36. The van der Waals surface area contributed by atoms with E-state index in [4.69, 9.17) is 4.42 Å². The second kappa shape index (κ2) is 7.81. The first-order valence-electron chi connectivity index (χ1n) is 10.4. The molecule has 0 spiro atoms. The minimum absolute atomic E-state index is 0.0758. The molecule has 2 amide bonds. The van der Waals surface area contributed by atoms with Gasteiger partial charge in [0, 0.05) is 17.0 Å². The van der Waals surface area contributed by atoms with Crippen molar-refractivity contribution in [3.8, 4) is 0 Å². The number of anilines is 2. The van der Waals surface area contributed by atoms with Gasteiger partial charge in [0.05, 0.1) is 17.7 Å².